The van der Waals surface area contributed by atoms with E-state index < -0.39 is 0 Å². The van der Waals surface area contributed by atoms with Crippen molar-refractivity contribution in [2.45, 2.75) is 26.8 Å². The van der Waals surface area contributed by atoms with Gasteiger partial charge >= 0.3 is 0 Å². The van der Waals surface area contributed by atoms with E-state index >= 15 is 0 Å². The van der Waals surface area contributed by atoms with Gasteiger partial charge in [-0.3, -0.25) is 9.48 Å². The molecule has 0 aliphatic carbocycles. The molecule has 2 aromatic heterocycles. The number of pyridine rings is 1. The number of nitrogens with one attached hydrogen (secondary N) is 1. The van der Waals surface area contributed by atoms with E-state index in [1.165, 1.54) is 0 Å². The lowest BCUT2D eigenvalue weighted by molar-refractivity contribution is 0.0941. The Morgan fingerprint density at radius 2 is 2.00 bits per heavy atom. The first-order valence-corrected chi connectivity index (χ1v) is 8.17. The van der Waals surface area contributed by atoms with Gasteiger partial charge in [0.1, 0.15) is 5.75 Å². The van der Waals surface area contributed by atoms with Crippen LogP contribution in [0.5, 0.6) is 5.75 Å². The van der Waals surface area contributed by atoms with Crippen molar-refractivity contribution in [3.05, 3.63) is 52.8 Å². The average Bonchev–Trinajstić information content (AvgIpc) is 2.88. The summed E-state index contributed by atoms with van der Waals surface area (Å²) < 4.78 is 7.10. The molecule has 6 nitrogen and oxygen atoms in total. The summed E-state index contributed by atoms with van der Waals surface area (Å²) in [6, 6.07) is 9.29. The van der Waals surface area contributed by atoms with Crippen molar-refractivity contribution in [3.8, 4) is 5.75 Å². The van der Waals surface area contributed by atoms with Crippen LogP contribution >= 0.6 is 0 Å². The van der Waals surface area contributed by atoms with Gasteiger partial charge in [0, 0.05) is 18.3 Å². The standard InChI is InChI=1S/C19H22N4O2/c1-11-10-15(17-13(3)22-23(4)18(17)20-11)19(24)21-12(2)14-8-6-7-9-16(14)25-5/h6-10,12H,1-5H3,(H,21,24). The molecule has 0 bridgehead atoms. The molecular formula is C19H22N4O2. The molecule has 3 rings (SSSR count). The van der Waals surface area contributed by atoms with Gasteiger partial charge in [-0.1, -0.05) is 18.2 Å². The van der Waals surface area contributed by atoms with Gasteiger partial charge in [0.2, 0.25) is 0 Å². The highest BCUT2D eigenvalue weighted by Crippen LogP contribution is 2.26. The summed E-state index contributed by atoms with van der Waals surface area (Å²) in [7, 11) is 3.46. The number of hydrogen-bond acceptors (Lipinski definition) is 4. The average molecular weight is 338 g/mol. The zero-order chi connectivity index (χ0) is 18.1. The highest BCUT2D eigenvalue weighted by molar-refractivity contribution is 6.06. The van der Waals surface area contributed by atoms with Crippen molar-refractivity contribution in [3.63, 3.8) is 0 Å². The number of nitrogens with zero attached hydrogens (tertiary/aromatic N) is 3. The highest BCUT2D eigenvalue weighted by Gasteiger charge is 2.20. The molecule has 2 heterocycles. The lowest BCUT2D eigenvalue weighted by Gasteiger charge is -2.17. The van der Waals surface area contributed by atoms with E-state index in [1.54, 1.807) is 17.9 Å². The molecular weight excluding hydrogens is 316 g/mol. The quantitative estimate of drug-likeness (QED) is 0.794. The van der Waals surface area contributed by atoms with Gasteiger partial charge in [-0.05, 0) is 32.9 Å². The predicted molar refractivity (Wildman–Crippen MR) is 96.9 cm³/mol. The number of ether oxygens (including phenoxy) is 1. The van der Waals surface area contributed by atoms with Gasteiger partial charge in [-0.25, -0.2) is 4.98 Å². The van der Waals surface area contributed by atoms with Crippen molar-refractivity contribution in [2.75, 3.05) is 7.11 Å². The maximum atomic E-state index is 12.9. The largest absolute Gasteiger partial charge is 0.496 e. The number of hydrogen-bond donors (Lipinski definition) is 1. The van der Waals surface area contributed by atoms with Gasteiger partial charge in [-0.15, -0.1) is 0 Å². The number of benzene rings is 1. The van der Waals surface area contributed by atoms with Crippen LogP contribution in [0, 0.1) is 13.8 Å². The molecule has 0 radical (unpaired) electrons. The lowest BCUT2D eigenvalue weighted by atomic mass is 10.1. The molecule has 25 heavy (non-hydrogen) atoms. The summed E-state index contributed by atoms with van der Waals surface area (Å²) in [5.74, 6) is 0.605. The van der Waals surface area contributed by atoms with Crippen LogP contribution in [0.4, 0.5) is 0 Å². The second-order valence-electron chi connectivity index (χ2n) is 6.16. The summed E-state index contributed by atoms with van der Waals surface area (Å²) in [6.07, 6.45) is 0. The number of rotatable bonds is 4. The normalized spacial score (nSPS) is 12.2. The number of carbonyl (C=O) groups is 1. The topological polar surface area (TPSA) is 69.0 Å². The molecule has 0 spiro atoms. The van der Waals surface area contributed by atoms with Crippen LogP contribution in [0.15, 0.2) is 30.3 Å². The van der Waals surface area contributed by atoms with Gasteiger partial charge in [0.15, 0.2) is 5.65 Å². The zero-order valence-electron chi connectivity index (χ0n) is 15.1. The minimum absolute atomic E-state index is 0.148. The van der Waals surface area contributed by atoms with Crippen LogP contribution in [0.1, 0.15) is 40.3 Å². The summed E-state index contributed by atoms with van der Waals surface area (Å²) in [5, 5.41) is 8.24. The fourth-order valence-corrected chi connectivity index (χ4v) is 3.13. The smallest absolute Gasteiger partial charge is 0.252 e. The van der Waals surface area contributed by atoms with Crippen LogP contribution in [-0.4, -0.2) is 27.8 Å². The third-order valence-electron chi connectivity index (χ3n) is 4.29. The Kier molecular flexibility index (Phi) is 4.44. The van der Waals surface area contributed by atoms with E-state index in [2.05, 4.69) is 15.4 Å². The van der Waals surface area contributed by atoms with Gasteiger partial charge in [-0.2, -0.15) is 5.10 Å². The van der Waals surface area contributed by atoms with Crippen molar-refractivity contribution in [2.24, 2.45) is 7.05 Å². The second-order valence-corrected chi connectivity index (χ2v) is 6.16. The maximum Gasteiger partial charge on any atom is 0.252 e. The Bertz CT molecular complexity index is 946. The monoisotopic (exact) mass is 338 g/mol. The number of aryl methyl sites for hydroxylation is 3. The Morgan fingerprint density at radius 3 is 2.72 bits per heavy atom. The van der Waals surface area contributed by atoms with E-state index in [1.807, 2.05) is 52.1 Å². The van der Waals surface area contributed by atoms with Crippen LogP contribution < -0.4 is 10.1 Å². The summed E-state index contributed by atoms with van der Waals surface area (Å²) >= 11 is 0. The SMILES string of the molecule is COc1ccccc1C(C)NC(=O)c1cc(C)nc2c1c(C)nn2C. The van der Waals surface area contributed by atoms with E-state index in [0.29, 0.717) is 11.2 Å². The molecule has 0 aliphatic heterocycles. The number of fused-ring (bicyclic) bond motifs is 1. The molecule has 1 N–H and O–H groups in total. The first kappa shape index (κ1) is 17.0. The van der Waals surface area contributed by atoms with Crippen molar-refractivity contribution in [1.82, 2.24) is 20.1 Å². The fraction of sp³-hybridized carbons (Fsp3) is 0.316. The molecule has 1 unspecified atom stereocenters. The highest BCUT2D eigenvalue weighted by atomic mass is 16.5. The van der Waals surface area contributed by atoms with Crippen LogP contribution in [0.2, 0.25) is 0 Å². The lowest BCUT2D eigenvalue weighted by Crippen LogP contribution is -2.27. The Hall–Kier alpha value is -2.89. The molecule has 1 atom stereocenters. The first-order chi connectivity index (χ1) is 11.9. The van der Waals surface area contributed by atoms with Crippen LogP contribution in [0.3, 0.4) is 0 Å². The molecule has 0 saturated heterocycles. The van der Waals surface area contributed by atoms with E-state index in [9.17, 15) is 4.79 Å². The Balaban J connectivity index is 1.98. The van der Waals surface area contributed by atoms with Crippen molar-refractivity contribution >= 4 is 16.9 Å². The number of carbonyl (C=O) groups excluding carboxylic acids is 1. The molecule has 6 heteroatoms. The maximum absolute atomic E-state index is 12.9. The molecule has 130 valence electrons. The predicted octanol–water partition coefficient (Wildman–Crippen LogP) is 3.08. The van der Waals surface area contributed by atoms with E-state index in [4.69, 9.17) is 4.74 Å². The fourth-order valence-electron chi connectivity index (χ4n) is 3.13. The van der Waals surface area contributed by atoms with Crippen LogP contribution in [-0.2, 0) is 7.05 Å². The molecule has 0 saturated carbocycles. The number of aromatic nitrogens is 3. The zero-order valence-corrected chi connectivity index (χ0v) is 15.1. The number of methoxy groups -OCH3 is 1. The minimum Gasteiger partial charge on any atom is -0.496 e. The molecule has 0 aliphatic rings. The minimum atomic E-state index is -0.191. The third kappa shape index (κ3) is 3.07. The Morgan fingerprint density at radius 1 is 1.28 bits per heavy atom. The van der Waals surface area contributed by atoms with E-state index in [-0.39, 0.29) is 11.9 Å². The number of para-hydroxylation sites is 1. The van der Waals surface area contributed by atoms with E-state index in [0.717, 1.165) is 28.1 Å². The molecule has 0 fully saturated rings. The van der Waals surface area contributed by atoms with Crippen LogP contribution in [0.25, 0.3) is 11.0 Å². The summed E-state index contributed by atoms with van der Waals surface area (Å²) in [4.78, 5) is 17.4. The van der Waals surface area contributed by atoms with Crippen molar-refractivity contribution in [1.29, 1.82) is 0 Å². The summed E-state index contributed by atoms with van der Waals surface area (Å²) in [6.45, 7) is 5.71. The molecule has 1 amide bonds. The van der Waals surface area contributed by atoms with Crippen molar-refractivity contribution < 1.29 is 9.53 Å². The van der Waals surface area contributed by atoms with Gasteiger partial charge in [0.05, 0.1) is 29.8 Å². The first-order valence-electron chi connectivity index (χ1n) is 8.17. The van der Waals surface area contributed by atoms with Gasteiger partial charge in [0.25, 0.3) is 5.91 Å². The van der Waals surface area contributed by atoms with Gasteiger partial charge < -0.3 is 10.1 Å². The second kappa shape index (κ2) is 6.55. The summed E-state index contributed by atoms with van der Waals surface area (Å²) in [5.41, 5.74) is 3.82. The molecule has 3 aromatic rings. The Labute approximate surface area is 146 Å². The number of amides is 1. The third-order valence-corrected chi connectivity index (χ3v) is 4.29. The molecule has 1 aromatic carbocycles.